The van der Waals surface area contributed by atoms with Gasteiger partial charge in [-0.25, -0.2) is 0 Å². The first kappa shape index (κ1) is 11.9. The highest BCUT2D eigenvalue weighted by molar-refractivity contribution is 5.47. The van der Waals surface area contributed by atoms with Crippen LogP contribution in [0.1, 0.15) is 26.2 Å². The topological polar surface area (TPSA) is 66.7 Å². The summed E-state index contributed by atoms with van der Waals surface area (Å²) in [6.45, 7) is 5.25. The van der Waals surface area contributed by atoms with Gasteiger partial charge in [-0.1, -0.05) is 12.1 Å². The van der Waals surface area contributed by atoms with E-state index in [0.717, 1.165) is 25.1 Å². The number of nitrogens with one attached hydrogen (secondary N) is 2. The Morgan fingerprint density at radius 1 is 1.53 bits per heavy atom. The average Bonchev–Trinajstić information content (AvgIpc) is 2.97. The zero-order valence-corrected chi connectivity index (χ0v) is 10.2. The van der Waals surface area contributed by atoms with Gasteiger partial charge in [-0.2, -0.15) is 4.98 Å². The fourth-order valence-electron chi connectivity index (χ4n) is 1.73. The number of aryl methyl sites for hydroxylation is 1. The van der Waals surface area contributed by atoms with E-state index in [4.69, 9.17) is 4.52 Å². The van der Waals surface area contributed by atoms with Crippen LogP contribution in [0, 0.1) is 0 Å². The Kier molecular flexibility index (Phi) is 3.93. The van der Waals surface area contributed by atoms with Gasteiger partial charge in [0.25, 0.3) is 0 Å². The van der Waals surface area contributed by atoms with Crippen LogP contribution in [-0.2, 0) is 6.42 Å². The molecule has 0 saturated carbocycles. The number of aromatic nitrogens is 3. The van der Waals surface area contributed by atoms with Crippen molar-refractivity contribution < 1.29 is 4.52 Å². The normalized spacial score (nSPS) is 12.8. The van der Waals surface area contributed by atoms with E-state index in [1.54, 1.807) is 0 Å². The molecule has 2 rings (SSSR count). The summed E-state index contributed by atoms with van der Waals surface area (Å²) in [5.74, 6) is 1.32. The maximum atomic E-state index is 5.21. The van der Waals surface area contributed by atoms with Crippen LogP contribution in [0.3, 0.4) is 0 Å². The lowest BCUT2D eigenvalue weighted by Gasteiger charge is -2.09. The molecular weight excluding hydrogens is 216 g/mol. The van der Waals surface area contributed by atoms with Gasteiger partial charge in [0.2, 0.25) is 11.7 Å². The van der Waals surface area contributed by atoms with Crippen LogP contribution in [-0.4, -0.2) is 27.7 Å². The van der Waals surface area contributed by atoms with Crippen LogP contribution in [0.2, 0.25) is 0 Å². The number of nitrogens with zero attached hydrogens (tertiary/aromatic N) is 2. The van der Waals surface area contributed by atoms with E-state index in [1.165, 1.54) is 0 Å². The van der Waals surface area contributed by atoms with Crippen molar-refractivity contribution in [2.75, 3.05) is 6.54 Å². The van der Waals surface area contributed by atoms with Gasteiger partial charge in [-0.05, 0) is 32.0 Å². The SMILES string of the molecule is CCNC(C)CCc1nc(-c2ccc[nH]2)no1. The zero-order chi connectivity index (χ0) is 12.1. The lowest BCUT2D eigenvalue weighted by molar-refractivity contribution is 0.368. The standard InChI is InChI=1S/C12H18N4O/c1-3-13-9(2)6-7-11-15-12(16-17-11)10-5-4-8-14-10/h4-5,8-9,13-14H,3,6-7H2,1-2H3. The average molecular weight is 234 g/mol. The Bertz CT molecular complexity index is 435. The van der Waals surface area contributed by atoms with Gasteiger partial charge in [-0.15, -0.1) is 0 Å². The second kappa shape index (κ2) is 5.63. The van der Waals surface area contributed by atoms with Crippen molar-refractivity contribution in [3.8, 4) is 11.5 Å². The van der Waals surface area contributed by atoms with Gasteiger partial charge < -0.3 is 14.8 Å². The van der Waals surface area contributed by atoms with E-state index >= 15 is 0 Å². The molecule has 0 aliphatic heterocycles. The Balaban J connectivity index is 1.91. The van der Waals surface area contributed by atoms with E-state index < -0.39 is 0 Å². The van der Waals surface area contributed by atoms with Gasteiger partial charge in [-0.3, -0.25) is 0 Å². The molecule has 0 aliphatic rings. The van der Waals surface area contributed by atoms with Crippen molar-refractivity contribution in [3.05, 3.63) is 24.2 Å². The molecule has 5 heteroatoms. The molecule has 0 saturated heterocycles. The molecule has 1 unspecified atom stereocenters. The number of hydrogen-bond donors (Lipinski definition) is 2. The van der Waals surface area contributed by atoms with Crippen LogP contribution in [0.5, 0.6) is 0 Å². The summed E-state index contributed by atoms with van der Waals surface area (Å²) in [4.78, 5) is 7.40. The molecule has 2 heterocycles. The van der Waals surface area contributed by atoms with Crippen molar-refractivity contribution in [1.29, 1.82) is 0 Å². The molecule has 2 aromatic rings. The molecule has 0 fully saturated rings. The Labute approximate surface area is 101 Å². The molecule has 17 heavy (non-hydrogen) atoms. The van der Waals surface area contributed by atoms with Gasteiger partial charge in [0.05, 0.1) is 5.69 Å². The maximum absolute atomic E-state index is 5.21. The molecule has 0 aromatic carbocycles. The van der Waals surface area contributed by atoms with Crippen LogP contribution in [0.15, 0.2) is 22.9 Å². The minimum absolute atomic E-state index is 0.473. The third kappa shape index (κ3) is 3.17. The molecule has 0 bridgehead atoms. The third-order valence-corrected chi connectivity index (χ3v) is 2.65. The van der Waals surface area contributed by atoms with Crippen molar-refractivity contribution in [3.63, 3.8) is 0 Å². The molecule has 5 nitrogen and oxygen atoms in total. The quantitative estimate of drug-likeness (QED) is 0.802. The molecule has 0 aliphatic carbocycles. The largest absolute Gasteiger partial charge is 0.359 e. The molecule has 2 N–H and O–H groups in total. The molecule has 0 amide bonds. The first-order chi connectivity index (χ1) is 8.29. The fraction of sp³-hybridized carbons (Fsp3) is 0.500. The van der Waals surface area contributed by atoms with E-state index in [-0.39, 0.29) is 0 Å². The Morgan fingerprint density at radius 2 is 2.41 bits per heavy atom. The highest BCUT2D eigenvalue weighted by Gasteiger charge is 2.10. The molecular formula is C12H18N4O. The van der Waals surface area contributed by atoms with Gasteiger partial charge >= 0.3 is 0 Å². The summed E-state index contributed by atoms with van der Waals surface area (Å²) in [6, 6.07) is 4.31. The summed E-state index contributed by atoms with van der Waals surface area (Å²) in [7, 11) is 0. The van der Waals surface area contributed by atoms with E-state index in [2.05, 4.69) is 34.3 Å². The highest BCUT2D eigenvalue weighted by atomic mass is 16.5. The first-order valence-corrected chi connectivity index (χ1v) is 5.99. The molecule has 1 atom stereocenters. The predicted molar refractivity (Wildman–Crippen MR) is 65.5 cm³/mol. The second-order valence-electron chi connectivity index (χ2n) is 4.09. The maximum Gasteiger partial charge on any atom is 0.227 e. The number of rotatable bonds is 6. The summed E-state index contributed by atoms with van der Waals surface area (Å²) in [6.07, 6.45) is 3.65. The second-order valence-corrected chi connectivity index (χ2v) is 4.09. The van der Waals surface area contributed by atoms with Crippen LogP contribution in [0.4, 0.5) is 0 Å². The van der Waals surface area contributed by atoms with Crippen molar-refractivity contribution in [1.82, 2.24) is 20.4 Å². The monoisotopic (exact) mass is 234 g/mol. The lowest BCUT2D eigenvalue weighted by Crippen LogP contribution is -2.25. The summed E-state index contributed by atoms with van der Waals surface area (Å²) < 4.78 is 5.21. The van der Waals surface area contributed by atoms with Crippen molar-refractivity contribution >= 4 is 0 Å². The lowest BCUT2D eigenvalue weighted by atomic mass is 10.2. The fourth-order valence-corrected chi connectivity index (χ4v) is 1.73. The summed E-state index contributed by atoms with van der Waals surface area (Å²) in [5, 5.41) is 7.30. The predicted octanol–water partition coefficient (Wildman–Crippen LogP) is 2.00. The Hall–Kier alpha value is -1.62. The minimum atomic E-state index is 0.473. The van der Waals surface area contributed by atoms with Crippen LogP contribution in [0.25, 0.3) is 11.5 Å². The first-order valence-electron chi connectivity index (χ1n) is 5.99. The van der Waals surface area contributed by atoms with Crippen molar-refractivity contribution in [2.24, 2.45) is 0 Å². The van der Waals surface area contributed by atoms with Gasteiger partial charge in [0.15, 0.2) is 0 Å². The molecule has 0 spiro atoms. The minimum Gasteiger partial charge on any atom is -0.359 e. The number of aromatic amines is 1. The number of H-pyrrole nitrogens is 1. The molecule has 92 valence electrons. The van der Waals surface area contributed by atoms with E-state index in [9.17, 15) is 0 Å². The van der Waals surface area contributed by atoms with E-state index in [1.807, 2.05) is 18.3 Å². The molecule has 0 radical (unpaired) electrons. The van der Waals surface area contributed by atoms with Gasteiger partial charge in [0.1, 0.15) is 0 Å². The van der Waals surface area contributed by atoms with Crippen LogP contribution < -0.4 is 5.32 Å². The summed E-state index contributed by atoms with van der Waals surface area (Å²) in [5.41, 5.74) is 0.889. The Morgan fingerprint density at radius 3 is 3.12 bits per heavy atom. The third-order valence-electron chi connectivity index (χ3n) is 2.65. The highest BCUT2D eigenvalue weighted by Crippen LogP contribution is 2.13. The van der Waals surface area contributed by atoms with E-state index in [0.29, 0.717) is 17.8 Å². The molecule has 2 aromatic heterocycles. The van der Waals surface area contributed by atoms with Gasteiger partial charge in [0, 0.05) is 18.7 Å². The van der Waals surface area contributed by atoms with Crippen LogP contribution >= 0.6 is 0 Å². The smallest absolute Gasteiger partial charge is 0.227 e. The summed E-state index contributed by atoms with van der Waals surface area (Å²) >= 11 is 0. The number of hydrogen-bond acceptors (Lipinski definition) is 4. The van der Waals surface area contributed by atoms with Crippen molar-refractivity contribution in [2.45, 2.75) is 32.7 Å². The zero-order valence-electron chi connectivity index (χ0n) is 10.2.